The first kappa shape index (κ1) is 30.2. The highest BCUT2D eigenvalue weighted by atomic mass is 35.5. The number of anilines is 2. The van der Waals surface area contributed by atoms with Crippen molar-refractivity contribution in [2.24, 2.45) is 0 Å². The van der Waals surface area contributed by atoms with E-state index in [0.717, 1.165) is 4.90 Å². The fourth-order valence-corrected chi connectivity index (χ4v) is 4.59. The summed E-state index contributed by atoms with van der Waals surface area (Å²) in [5.74, 6) is 0.124. The molecule has 0 bridgehead atoms. The van der Waals surface area contributed by atoms with Gasteiger partial charge < -0.3 is 25.4 Å². The van der Waals surface area contributed by atoms with Crippen molar-refractivity contribution < 1.29 is 23.9 Å². The first-order valence-electron chi connectivity index (χ1n) is 12.7. The van der Waals surface area contributed by atoms with E-state index in [-0.39, 0.29) is 17.4 Å². The van der Waals surface area contributed by atoms with Gasteiger partial charge in [-0.1, -0.05) is 35.9 Å². The number of hydrogen-bond acceptors (Lipinski definition) is 6. The summed E-state index contributed by atoms with van der Waals surface area (Å²) in [7, 11) is 3.05. The van der Waals surface area contributed by atoms with E-state index in [1.807, 2.05) is 0 Å². The highest BCUT2D eigenvalue weighted by Crippen LogP contribution is 2.28. The number of methoxy groups -OCH3 is 2. The smallest absolute Gasteiger partial charge is 0.272 e. The molecule has 0 saturated carbocycles. The van der Waals surface area contributed by atoms with Gasteiger partial charge in [-0.05, 0) is 84.4 Å². The molecule has 0 fully saturated rings. The van der Waals surface area contributed by atoms with E-state index in [0.29, 0.717) is 39.0 Å². The summed E-state index contributed by atoms with van der Waals surface area (Å²) in [4.78, 5) is 39.4. The molecular formula is C32H28ClN3O5S. The molecule has 3 N–H and O–H groups in total. The van der Waals surface area contributed by atoms with Crippen molar-refractivity contribution in [3.8, 4) is 11.5 Å². The van der Waals surface area contributed by atoms with Crippen LogP contribution in [0.5, 0.6) is 11.5 Å². The Morgan fingerprint density at radius 1 is 0.786 bits per heavy atom. The molecule has 4 aromatic carbocycles. The van der Waals surface area contributed by atoms with Crippen molar-refractivity contribution in [3.63, 3.8) is 0 Å². The lowest BCUT2D eigenvalue weighted by molar-refractivity contribution is -0.114. The van der Waals surface area contributed by atoms with Crippen molar-refractivity contribution in [3.05, 3.63) is 119 Å². The lowest BCUT2D eigenvalue weighted by atomic mass is 10.1. The van der Waals surface area contributed by atoms with Gasteiger partial charge in [-0.3, -0.25) is 14.4 Å². The van der Waals surface area contributed by atoms with Gasteiger partial charge in [0.15, 0.2) is 11.5 Å². The molecule has 0 atom stereocenters. The first-order chi connectivity index (χ1) is 20.3. The van der Waals surface area contributed by atoms with Gasteiger partial charge in [0.25, 0.3) is 11.8 Å². The SMILES string of the molecule is COc1ccc(/C=C(\NC(=O)c2ccccc2)C(=O)Nc2ccc(SCC(=O)Nc3ccc(Cl)cc3)cc2)cc1OC. The minimum atomic E-state index is -0.517. The highest BCUT2D eigenvalue weighted by Gasteiger charge is 2.16. The van der Waals surface area contributed by atoms with E-state index in [4.69, 9.17) is 21.1 Å². The van der Waals surface area contributed by atoms with Gasteiger partial charge in [0.05, 0.1) is 20.0 Å². The number of benzene rings is 4. The molecule has 0 aliphatic carbocycles. The van der Waals surface area contributed by atoms with E-state index < -0.39 is 11.8 Å². The van der Waals surface area contributed by atoms with Crippen molar-refractivity contribution in [1.82, 2.24) is 5.32 Å². The van der Waals surface area contributed by atoms with Crippen LogP contribution in [-0.2, 0) is 9.59 Å². The number of halogens is 1. The predicted octanol–water partition coefficient (Wildman–Crippen LogP) is 6.50. The predicted molar refractivity (Wildman–Crippen MR) is 167 cm³/mol. The second-order valence-corrected chi connectivity index (χ2v) is 10.3. The molecule has 10 heteroatoms. The zero-order chi connectivity index (χ0) is 29.9. The molecule has 0 saturated heterocycles. The molecule has 214 valence electrons. The van der Waals surface area contributed by atoms with E-state index in [1.165, 1.54) is 26.0 Å². The fourth-order valence-electron chi connectivity index (χ4n) is 3.76. The Balaban J connectivity index is 1.44. The van der Waals surface area contributed by atoms with Crippen molar-refractivity contribution in [2.45, 2.75) is 4.90 Å². The molecule has 42 heavy (non-hydrogen) atoms. The van der Waals surface area contributed by atoms with Crippen molar-refractivity contribution in [2.75, 3.05) is 30.6 Å². The molecule has 0 aromatic heterocycles. The Morgan fingerprint density at radius 3 is 2.10 bits per heavy atom. The number of ether oxygens (including phenoxy) is 2. The summed E-state index contributed by atoms with van der Waals surface area (Å²) in [6.07, 6.45) is 1.56. The average Bonchev–Trinajstić information content (AvgIpc) is 3.01. The second-order valence-electron chi connectivity index (χ2n) is 8.81. The largest absolute Gasteiger partial charge is 0.493 e. The number of rotatable bonds is 11. The average molecular weight is 602 g/mol. The van der Waals surface area contributed by atoms with Crippen LogP contribution in [0.2, 0.25) is 5.02 Å². The lowest BCUT2D eigenvalue weighted by Crippen LogP contribution is -2.30. The standard InChI is InChI=1S/C32H28ClN3O5S/c1-40-28-17-8-21(19-29(28)41-2)18-27(36-31(38)22-6-4-3-5-7-22)32(39)35-25-13-15-26(16-14-25)42-20-30(37)34-24-11-9-23(33)10-12-24/h3-19H,20H2,1-2H3,(H,34,37)(H,35,39)(H,36,38)/b27-18-. The van der Waals surface area contributed by atoms with Gasteiger partial charge in [-0.15, -0.1) is 11.8 Å². The van der Waals surface area contributed by atoms with Gasteiger partial charge in [0.1, 0.15) is 5.70 Å². The molecule has 4 aromatic rings. The third kappa shape index (κ3) is 8.63. The number of amides is 3. The maximum atomic E-state index is 13.3. The van der Waals surface area contributed by atoms with Crippen molar-refractivity contribution >= 4 is 58.5 Å². The van der Waals surface area contributed by atoms with Gasteiger partial charge in [-0.2, -0.15) is 0 Å². The molecule has 8 nitrogen and oxygen atoms in total. The lowest BCUT2D eigenvalue weighted by Gasteiger charge is -2.13. The molecule has 0 aliphatic heterocycles. The molecule has 0 aliphatic rings. The van der Waals surface area contributed by atoms with Crippen LogP contribution in [0.1, 0.15) is 15.9 Å². The number of thioether (sulfide) groups is 1. The van der Waals surface area contributed by atoms with Gasteiger partial charge in [-0.25, -0.2) is 0 Å². The van der Waals surface area contributed by atoms with Crippen LogP contribution in [0.3, 0.4) is 0 Å². The molecule has 0 heterocycles. The highest BCUT2D eigenvalue weighted by molar-refractivity contribution is 8.00. The Bertz CT molecular complexity index is 1580. The minimum absolute atomic E-state index is 0.0356. The Morgan fingerprint density at radius 2 is 1.43 bits per heavy atom. The summed E-state index contributed by atoms with van der Waals surface area (Å²) in [6.45, 7) is 0. The zero-order valence-corrected chi connectivity index (χ0v) is 24.4. The normalized spacial score (nSPS) is 10.9. The third-order valence-corrected chi connectivity index (χ3v) is 7.12. The Labute approximate surface area is 253 Å². The minimum Gasteiger partial charge on any atom is -0.493 e. The van der Waals surface area contributed by atoms with E-state index in [1.54, 1.807) is 103 Å². The number of nitrogens with one attached hydrogen (secondary N) is 3. The number of carbonyl (C=O) groups is 3. The Hall–Kier alpha value is -4.73. The van der Waals surface area contributed by atoms with Gasteiger partial charge in [0.2, 0.25) is 5.91 Å². The van der Waals surface area contributed by atoms with Gasteiger partial charge >= 0.3 is 0 Å². The van der Waals surface area contributed by atoms with Crippen LogP contribution in [-0.4, -0.2) is 37.7 Å². The molecule has 0 unspecified atom stereocenters. The molecule has 4 rings (SSSR count). The summed E-state index contributed by atoms with van der Waals surface area (Å²) in [6, 6.07) is 27.7. The number of carbonyl (C=O) groups excluding carboxylic acids is 3. The van der Waals surface area contributed by atoms with Crippen molar-refractivity contribution in [1.29, 1.82) is 0 Å². The maximum Gasteiger partial charge on any atom is 0.272 e. The second kappa shape index (κ2) is 14.8. The quantitative estimate of drug-likeness (QED) is 0.134. The first-order valence-corrected chi connectivity index (χ1v) is 14.1. The number of hydrogen-bond donors (Lipinski definition) is 3. The van der Waals surface area contributed by atoms with Crippen LogP contribution in [0.25, 0.3) is 6.08 Å². The van der Waals surface area contributed by atoms with Gasteiger partial charge in [0, 0.05) is 26.9 Å². The molecule has 3 amide bonds. The topological polar surface area (TPSA) is 106 Å². The van der Waals surface area contributed by atoms with E-state index in [2.05, 4.69) is 16.0 Å². The molecule has 0 radical (unpaired) electrons. The fraction of sp³-hybridized carbons (Fsp3) is 0.0938. The summed E-state index contributed by atoms with van der Waals surface area (Å²) >= 11 is 7.24. The van der Waals surface area contributed by atoms with Crippen LogP contribution < -0.4 is 25.4 Å². The monoisotopic (exact) mass is 601 g/mol. The van der Waals surface area contributed by atoms with Crippen LogP contribution in [0.4, 0.5) is 11.4 Å². The molecular weight excluding hydrogens is 574 g/mol. The van der Waals surface area contributed by atoms with E-state index >= 15 is 0 Å². The summed E-state index contributed by atoms with van der Waals surface area (Å²) in [5.41, 5.74) is 2.25. The summed E-state index contributed by atoms with van der Waals surface area (Å²) < 4.78 is 10.7. The van der Waals surface area contributed by atoms with E-state index in [9.17, 15) is 14.4 Å². The maximum absolute atomic E-state index is 13.3. The van der Waals surface area contributed by atoms with Crippen LogP contribution >= 0.6 is 23.4 Å². The molecule has 0 spiro atoms. The Kier molecular flexibility index (Phi) is 10.6. The van der Waals surface area contributed by atoms with Crippen LogP contribution in [0, 0.1) is 0 Å². The van der Waals surface area contributed by atoms with Crippen LogP contribution in [0.15, 0.2) is 108 Å². The third-order valence-electron chi connectivity index (χ3n) is 5.86. The zero-order valence-electron chi connectivity index (χ0n) is 22.8. The summed E-state index contributed by atoms with van der Waals surface area (Å²) in [5, 5.41) is 8.95.